The van der Waals surface area contributed by atoms with Gasteiger partial charge in [0.1, 0.15) is 0 Å². The maximum Gasteiger partial charge on any atom is 0.303 e. The predicted molar refractivity (Wildman–Crippen MR) is 102 cm³/mol. The fourth-order valence-corrected chi connectivity index (χ4v) is 3.34. The molecule has 2 aliphatic heterocycles. The van der Waals surface area contributed by atoms with E-state index < -0.39 is 5.97 Å². The van der Waals surface area contributed by atoms with Crippen molar-refractivity contribution >= 4 is 34.9 Å². The van der Waals surface area contributed by atoms with Gasteiger partial charge in [-0.3, -0.25) is 9.59 Å². The number of benzene rings is 2. The maximum atomic E-state index is 12.5. The summed E-state index contributed by atoms with van der Waals surface area (Å²) in [6.07, 6.45) is 5.30. The quantitative estimate of drug-likeness (QED) is 0.734. The number of anilines is 2. The van der Waals surface area contributed by atoms with E-state index in [1.807, 2.05) is 54.6 Å². The molecule has 2 heterocycles. The molecule has 0 spiro atoms. The van der Waals surface area contributed by atoms with Gasteiger partial charge in [-0.25, -0.2) is 0 Å². The normalized spacial score (nSPS) is 17.3. The van der Waals surface area contributed by atoms with Crippen molar-refractivity contribution in [3.05, 3.63) is 70.9 Å². The number of para-hydroxylation sites is 1. The lowest BCUT2D eigenvalue weighted by Gasteiger charge is -2.17. The molecule has 2 aromatic carbocycles. The van der Waals surface area contributed by atoms with E-state index >= 15 is 0 Å². The van der Waals surface area contributed by atoms with Crippen LogP contribution in [0.2, 0.25) is 0 Å². The Labute approximate surface area is 151 Å². The molecule has 0 fully saturated rings. The number of aryl methyl sites for hydroxylation is 1. The van der Waals surface area contributed by atoms with Gasteiger partial charge in [0.05, 0.1) is 11.3 Å². The van der Waals surface area contributed by atoms with Crippen LogP contribution in [0.1, 0.15) is 29.5 Å². The summed E-state index contributed by atoms with van der Waals surface area (Å²) >= 11 is 0. The van der Waals surface area contributed by atoms with Crippen molar-refractivity contribution in [2.24, 2.45) is 0 Å². The Morgan fingerprint density at radius 3 is 2.69 bits per heavy atom. The Hall–Kier alpha value is -3.34. The van der Waals surface area contributed by atoms with Gasteiger partial charge >= 0.3 is 5.97 Å². The highest BCUT2D eigenvalue weighted by Gasteiger charge is 2.28. The minimum Gasteiger partial charge on any atom is -0.481 e. The van der Waals surface area contributed by atoms with Crippen molar-refractivity contribution in [2.45, 2.75) is 19.3 Å². The molecule has 4 rings (SSSR count). The number of aliphatic carboxylic acids is 1. The lowest BCUT2D eigenvalue weighted by atomic mass is 9.98. The van der Waals surface area contributed by atoms with Crippen LogP contribution in [0.5, 0.6) is 0 Å². The average molecular weight is 346 g/mol. The minimum atomic E-state index is -0.791. The molecule has 0 unspecified atom stereocenters. The summed E-state index contributed by atoms with van der Waals surface area (Å²) in [6.45, 7) is 0. The van der Waals surface area contributed by atoms with Gasteiger partial charge in [0.15, 0.2) is 0 Å². The van der Waals surface area contributed by atoms with E-state index in [4.69, 9.17) is 5.11 Å². The zero-order valence-corrected chi connectivity index (χ0v) is 14.1. The molecule has 0 bridgehead atoms. The van der Waals surface area contributed by atoms with Crippen LogP contribution in [0.15, 0.2) is 54.2 Å². The Bertz CT molecular complexity index is 973. The molecule has 2 aromatic rings. The molecular formula is C21H18N2O3. The van der Waals surface area contributed by atoms with Crippen molar-refractivity contribution in [3.8, 4) is 0 Å². The van der Waals surface area contributed by atoms with E-state index in [2.05, 4.69) is 10.6 Å². The first kappa shape index (κ1) is 16.1. The number of carboxylic acid groups (broad SMARTS) is 1. The molecule has 3 N–H and O–H groups in total. The molecule has 0 aliphatic carbocycles. The lowest BCUT2D eigenvalue weighted by molar-refractivity contribution is -0.137. The molecule has 5 heteroatoms. The van der Waals surface area contributed by atoms with Gasteiger partial charge in [-0.05, 0) is 48.2 Å². The number of fused-ring (bicyclic) bond motifs is 2. The van der Waals surface area contributed by atoms with E-state index in [1.165, 1.54) is 0 Å². The smallest absolute Gasteiger partial charge is 0.303 e. The van der Waals surface area contributed by atoms with Crippen LogP contribution in [0.4, 0.5) is 11.4 Å². The fraction of sp³-hybridized carbons (Fsp3) is 0.143. The van der Waals surface area contributed by atoms with E-state index in [0.29, 0.717) is 18.4 Å². The number of carbonyl (C=O) groups is 2. The Balaban J connectivity index is 1.68. The summed E-state index contributed by atoms with van der Waals surface area (Å²) < 4.78 is 0. The van der Waals surface area contributed by atoms with Crippen molar-refractivity contribution < 1.29 is 14.7 Å². The lowest BCUT2D eigenvalue weighted by Crippen LogP contribution is -2.11. The summed E-state index contributed by atoms with van der Waals surface area (Å²) in [5.74, 6) is -0.921. The first-order valence-corrected chi connectivity index (χ1v) is 8.57. The van der Waals surface area contributed by atoms with Crippen LogP contribution in [0, 0.1) is 0 Å². The molecular weight excluding hydrogens is 328 g/mol. The second-order valence-corrected chi connectivity index (χ2v) is 6.42. The van der Waals surface area contributed by atoms with Crippen molar-refractivity contribution in [1.82, 2.24) is 0 Å². The number of nitrogens with one attached hydrogen (secondary N) is 2. The second kappa shape index (κ2) is 6.52. The van der Waals surface area contributed by atoms with Crippen LogP contribution in [0.3, 0.4) is 0 Å². The number of carboxylic acids is 1. The largest absolute Gasteiger partial charge is 0.481 e. The van der Waals surface area contributed by atoms with Gasteiger partial charge < -0.3 is 15.7 Å². The van der Waals surface area contributed by atoms with Gasteiger partial charge in [0.2, 0.25) is 0 Å². The van der Waals surface area contributed by atoms with Crippen LogP contribution in [0.25, 0.3) is 11.6 Å². The first-order chi connectivity index (χ1) is 12.6. The summed E-state index contributed by atoms with van der Waals surface area (Å²) in [5.41, 5.74) is 6.10. The molecule has 0 aromatic heterocycles. The van der Waals surface area contributed by atoms with Crippen LogP contribution >= 0.6 is 0 Å². The molecule has 1 amide bonds. The molecule has 0 saturated heterocycles. The number of rotatable bonds is 4. The second-order valence-electron chi connectivity index (χ2n) is 6.42. The van der Waals surface area contributed by atoms with Crippen molar-refractivity contribution in [3.63, 3.8) is 0 Å². The third-order valence-electron chi connectivity index (χ3n) is 4.61. The van der Waals surface area contributed by atoms with E-state index in [1.54, 1.807) is 0 Å². The number of hydrogen-bond donors (Lipinski definition) is 3. The Kier molecular flexibility index (Phi) is 4.05. The highest BCUT2D eigenvalue weighted by atomic mass is 16.4. The van der Waals surface area contributed by atoms with E-state index in [-0.39, 0.29) is 12.3 Å². The van der Waals surface area contributed by atoms with Crippen LogP contribution in [-0.4, -0.2) is 17.0 Å². The molecule has 5 nitrogen and oxygen atoms in total. The Morgan fingerprint density at radius 2 is 1.85 bits per heavy atom. The maximum absolute atomic E-state index is 12.5. The van der Waals surface area contributed by atoms with Crippen LogP contribution in [-0.2, 0) is 16.0 Å². The van der Waals surface area contributed by atoms with Gasteiger partial charge in [0.25, 0.3) is 5.91 Å². The first-order valence-electron chi connectivity index (χ1n) is 8.57. The third kappa shape index (κ3) is 2.99. The number of hydrogen-bond acceptors (Lipinski definition) is 3. The van der Waals surface area contributed by atoms with Gasteiger partial charge in [0, 0.05) is 23.4 Å². The van der Waals surface area contributed by atoms with Crippen molar-refractivity contribution in [1.29, 1.82) is 0 Å². The van der Waals surface area contributed by atoms with E-state index in [0.717, 1.165) is 33.8 Å². The zero-order chi connectivity index (χ0) is 18.1. The summed E-state index contributed by atoms with van der Waals surface area (Å²) in [7, 11) is 0. The van der Waals surface area contributed by atoms with Gasteiger partial charge in [-0.2, -0.15) is 0 Å². The molecule has 0 saturated carbocycles. The highest BCUT2D eigenvalue weighted by Crippen LogP contribution is 2.37. The summed E-state index contributed by atoms with van der Waals surface area (Å²) in [6, 6.07) is 13.7. The number of amides is 1. The van der Waals surface area contributed by atoms with Gasteiger partial charge in [-0.15, -0.1) is 0 Å². The zero-order valence-electron chi connectivity index (χ0n) is 14.1. The summed E-state index contributed by atoms with van der Waals surface area (Å²) in [4.78, 5) is 23.2. The van der Waals surface area contributed by atoms with Crippen LogP contribution < -0.4 is 10.6 Å². The average Bonchev–Trinajstić information content (AvgIpc) is 2.96. The standard InChI is InChI=1S/C21H18N2O3/c24-19(25)7-3-4-13-8-10-17-15(12-13)20(21(26)23-17)18-11-9-14-5-1-2-6-16(14)22-18/h1-2,5-6,8-12,22H,3-4,7H2,(H,23,26)(H,24,25)/b20-18-. The topological polar surface area (TPSA) is 78.4 Å². The molecule has 0 radical (unpaired) electrons. The Morgan fingerprint density at radius 1 is 1.00 bits per heavy atom. The number of allylic oxidation sites excluding steroid dienone is 1. The van der Waals surface area contributed by atoms with Crippen molar-refractivity contribution in [2.75, 3.05) is 10.6 Å². The third-order valence-corrected chi connectivity index (χ3v) is 4.61. The predicted octanol–water partition coefficient (Wildman–Crippen LogP) is 3.90. The number of carbonyl (C=O) groups excluding carboxylic acids is 1. The summed E-state index contributed by atoms with van der Waals surface area (Å²) in [5, 5.41) is 15.0. The molecule has 2 aliphatic rings. The fourth-order valence-electron chi connectivity index (χ4n) is 3.34. The van der Waals surface area contributed by atoms with E-state index in [9.17, 15) is 9.59 Å². The highest BCUT2D eigenvalue weighted by molar-refractivity contribution is 6.33. The van der Waals surface area contributed by atoms with Gasteiger partial charge in [-0.1, -0.05) is 30.3 Å². The molecule has 130 valence electrons. The SMILES string of the molecule is O=C(O)CCCc1ccc2c(c1)/C(=C1\C=Cc3ccccc3N1)C(=O)N2. The minimum absolute atomic E-state index is 0.130. The molecule has 26 heavy (non-hydrogen) atoms. The monoisotopic (exact) mass is 346 g/mol. The molecule has 0 atom stereocenters.